The van der Waals surface area contributed by atoms with Crippen LogP contribution in [0.3, 0.4) is 0 Å². The van der Waals surface area contributed by atoms with Gasteiger partial charge in [0.1, 0.15) is 11.6 Å². The van der Waals surface area contributed by atoms with Gasteiger partial charge in [0, 0.05) is 12.8 Å². The molecule has 0 N–H and O–H groups in total. The molecule has 0 heterocycles. The molecule has 0 aliphatic heterocycles. The average molecular weight is 224 g/mol. The fourth-order valence-corrected chi connectivity index (χ4v) is 0. The van der Waals surface area contributed by atoms with Crippen LogP contribution in [0.5, 0.6) is 0 Å². The minimum absolute atomic E-state index is 0. The van der Waals surface area contributed by atoms with Crippen LogP contribution in [0.2, 0.25) is 0 Å². The molecule has 0 aromatic heterocycles. The van der Waals surface area contributed by atoms with E-state index >= 15 is 0 Å². The standard InChI is InChI=1S/2C4H8O.5CH4/c2*1-3-4(2)5;;;;;/h2*3H2,1-2H3;5*1H4. The van der Waals surface area contributed by atoms with Crippen LogP contribution >= 0.6 is 0 Å². The summed E-state index contributed by atoms with van der Waals surface area (Å²) in [5.74, 6) is 0.509. The van der Waals surface area contributed by atoms with E-state index < -0.39 is 0 Å². The molecule has 0 rings (SSSR count). The van der Waals surface area contributed by atoms with Gasteiger partial charge in [-0.1, -0.05) is 51.0 Å². The molecular formula is C13H36O2. The van der Waals surface area contributed by atoms with E-state index in [4.69, 9.17) is 0 Å². The van der Waals surface area contributed by atoms with Gasteiger partial charge >= 0.3 is 0 Å². The Morgan fingerprint density at radius 1 is 0.667 bits per heavy atom. The molecule has 15 heavy (non-hydrogen) atoms. The quantitative estimate of drug-likeness (QED) is 0.650. The number of carbonyl (C=O) groups is 2. The van der Waals surface area contributed by atoms with Gasteiger partial charge in [-0.05, 0) is 13.8 Å². The molecule has 0 atom stereocenters. The molecule has 0 aliphatic rings. The number of Topliss-reactive ketones (excluding diaryl/α,β-unsaturated/α-hetero) is 2. The smallest absolute Gasteiger partial charge is 0.129 e. The highest BCUT2D eigenvalue weighted by Crippen LogP contribution is 1.72. The predicted molar refractivity (Wildman–Crippen MR) is 75.6 cm³/mol. The largest absolute Gasteiger partial charge is 0.300 e. The summed E-state index contributed by atoms with van der Waals surface area (Å²) in [7, 11) is 0. The highest BCUT2D eigenvalue weighted by molar-refractivity contribution is 5.75. The molecule has 0 bridgehead atoms. The maximum absolute atomic E-state index is 9.81. The Morgan fingerprint density at radius 3 is 0.733 bits per heavy atom. The number of carbonyl (C=O) groups excluding carboxylic acids is 2. The molecule has 0 aliphatic carbocycles. The highest BCUT2D eigenvalue weighted by Gasteiger charge is 1.77. The first kappa shape index (κ1) is 47.4. The van der Waals surface area contributed by atoms with E-state index in [1.165, 1.54) is 0 Å². The molecule has 0 amide bonds. The highest BCUT2D eigenvalue weighted by atomic mass is 16.1. The van der Waals surface area contributed by atoms with Crippen LogP contribution in [-0.2, 0) is 9.59 Å². The Morgan fingerprint density at radius 2 is 0.733 bits per heavy atom. The van der Waals surface area contributed by atoms with E-state index in [-0.39, 0.29) is 48.7 Å². The van der Waals surface area contributed by atoms with Gasteiger partial charge in [0.05, 0.1) is 0 Å². The molecule has 0 saturated carbocycles. The third kappa shape index (κ3) is 154. The number of rotatable bonds is 2. The number of ketones is 2. The molecule has 0 unspecified atom stereocenters. The summed E-state index contributed by atoms with van der Waals surface area (Å²) in [5.41, 5.74) is 0. The minimum Gasteiger partial charge on any atom is -0.300 e. The number of hydrogen-bond donors (Lipinski definition) is 0. The first-order chi connectivity index (χ1) is 4.54. The van der Waals surface area contributed by atoms with Crippen LogP contribution in [0.15, 0.2) is 0 Å². The zero-order chi connectivity index (χ0) is 8.57. The van der Waals surface area contributed by atoms with Crippen LogP contribution in [0.1, 0.15) is 77.7 Å². The van der Waals surface area contributed by atoms with Crippen LogP contribution in [0.25, 0.3) is 0 Å². The number of hydrogen-bond acceptors (Lipinski definition) is 2. The third-order valence-electron chi connectivity index (χ3n) is 0.996. The zero-order valence-electron chi connectivity index (χ0n) is 7.23. The van der Waals surface area contributed by atoms with Gasteiger partial charge in [0.25, 0.3) is 0 Å². The molecule has 0 radical (unpaired) electrons. The average Bonchev–Trinajstić information content (AvgIpc) is 1.89. The van der Waals surface area contributed by atoms with Crippen molar-refractivity contribution < 1.29 is 9.59 Å². The topological polar surface area (TPSA) is 34.1 Å². The summed E-state index contributed by atoms with van der Waals surface area (Å²) in [6.45, 7) is 6.87. The summed E-state index contributed by atoms with van der Waals surface area (Å²) in [6, 6.07) is 0. The van der Waals surface area contributed by atoms with E-state index in [9.17, 15) is 9.59 Å². The molecule has 100 valence electrons. The zero-order valence-corrected chi connectivity index (χ0v) is 7.23. The molecule has 2 nitrogen and oxygen atoms in total. The Labute approximate surface area is 99.5 Å². The van der Waals surface area contributed by atoms with Crippen molar-refractivity contribution in [3.8, 4) is 0 Å². The Hall–Kier alpha value is -0.660. The van der Waals surface area contributed by atoms with Crippen molar-refractivity contribution in [2.24, 2.45) is 0 Å². The SMILES string of the molecule is C.C.C.C.C.CCC(C)=O.CCC(C)=O. The van der Waals surface area contributed by atoms with Gasteiger partial charge in [0.15, 0.2) is 0 Å². The van der Waals surface area contributed by atoms with Gasteiger partial charge in [-0.25, -0.2) is 0 Å². The van der Waals surface area contributed by atoms with Gasteiger partial charge in [0.2, 0.25) is 0 Å². The summed E-state index contributed by atoms with van der Waals surface area (Å²) in [4.78, 5) is 19.6. The van der Waals surface area contributed by atoms with Crippen molar-refractivity contribution in [3.63, 3.8) is 0 Å². The fraction of sp³-hybridized carbons (Fsp3) is 0.846. The fourth-order valence-electron chi connectivity index (χ4n) is 0. The molecule has 0 saturated heterocycles. The van der Waals surface area contributed by atoms with Crippen LogP contribution in [-0.4, -0.2) is 11.6 Å². The Balaban J connectivity index is -0.0000000128. The van der Waals surface area contributed by atoms with Crippen molar-refractivity contribution in [1.29, 1.82) is 0 Å². The first-order valence-electron chi connectivity index (χ1n) is 3.53. The van der Waals surface area contributed by atoms with Gasteiger partial charge in [-0.15, -0.1) is 0 Å². The maximum atomic E-state index is 9.81. The van der Waals surface area contributed by atoms with Crippen molar-refractivity contribution >= 4 is 11.6 Å². The second kappa shape index (κ2) is 37.7. The van der Waals surface area contributed by atoms with Gasteiger partial charge in [-0.2, -0.15) is 0 Å². The molecular weight excluding hydrogens is 188 g/mol. The van der Waals surface area contributed by atoms with Crippen molar-refractivity contribution in [2.75, 3.05) is 0 Å². The van der Waals surface area contributed by atoms with Crippen LogP contribution in [0, 0.1) is 0 Å². The van der Waals surface area contributed by atoms with E-state index in [0.717, 1.165) is 0 Å². The lowest BCUT2D eigenvalue weighted by molar-refractivity contribution is -0.117. The second-order valence-corrected chi connectivity index (χ2v) is 2.11. The van der Waals surface area contributed by atoms with Crippen LogP contribution in [0.4, 0.5) is 0 Å². The van der Waals surface area contributed by atoms with E-state index in [1.54, 1.807) is 13.8 Å². The summed E-state index contributed by atoms with van der Waals surface area (Å²) < 4.78 is 0. The van der Waals surface area contributed by atoms with Gasteiger partial charge < -0.3 is 9.59 Å². The van der Waals surface area contributed by atoms with Crippen molar-refractivity contribution in [1.82, 2.24) is 0 Å². The molecule has 0 fully saturated rings. The van der Waals surface area contributed by atoms with Gasteiger partial charge in [-0.3, -0.25) is 0 Å². The van der Waals surface area contributed by atoms with E-state index in [1.807, 2.05) is 13.8 Å². The molecule has 0 aromatic carbocycles. The minimum atomic E-state index is 0. The lowest BCUT2D eigenvalue weighted by Gasteiger charge is -1.71. The van der Waals surface area contributed by atoms with Crippen LogP contribution < -0.4 is 0 Å². The lowest BCUT2D eigenvalue weighted by atomic mass is 10.4. The predicted octanol–water partition coefficient (Wildman–Crippen LogP) is 5.15. The summed E-state index contributed by atoms with van der Waals surface area (Å²) in [6.07, 6.45) is 1.33. The maximum Gasteiger partial charge on any atom is 0.129 e. The van der Waals surface area contributed by atoms with Crippen molar-refractivity contribution in [3.05, 3.63) is 0 Å². The van der Waals surface area contributed by atoms with E-state index in [2.05, 4.69) is 0 Å². The third-order valence-corrected chi connectivity index (χ3v) is 0.996. The first-order valence-corrected chi connectivity index (χ1v) is 3.53. The molecule has 0 spiro atoms. The Bertz CT molecular complexity index is 93.1. The molecule has 0 aromatic rings. The summed E-state index contributed by atoms with van der Waals surface area (Å²) in [5, 5.41) is 0. The monoisotopic (exact) mass is 224 g/mol. The van der Waals surface area contributed by atoms with Crippen molar-refractivity contribution in [2.45, 2.75) is 77.7 Å². The molecule has 2 heteroatoms. The lowest BCUT2D eigenvalue weighted by Crippen LogP contribution is -1.80. The normalized spacial score (nSPS) is 5.07. The Kier molecular flexibility index (Phi) is 119. The van der Waals surface area contributed by atoms with E-state index in [0.29, 0.717) is 12.8 Å². The summed E-state index contributed by atoms with van der Waals surface area (Å²) >= 11 is 0. The second-order valence-electron chi connectivity index (χ2n) is 2.11.